The van der Waals surface area contributed by atoms with Crippen LogP contribution in [0.2, 0.25) is 0 Å². The summed E-state index contributed by atoms with van der Waals surface area (Å²) in [4.78, 5) is 0. The van der Waals surface area contributed by atoms with E-state index in [9.17, 15) is 0 Å². The molecule has 0 amide bonds. The van der Waals surface area contributed by atoms with Crippen molar-refractivity contribution in [2.75, 3.05) is 5.32 Å². The van der Waals surface area contributed by atoms with E-state index in [1.807, 2.05) is 30.6 Å². The topological polar surface area (TPSA) is 29.9 Å². The third kappa shape index (κ3) is 0.719. The zero-order valence-corrected chi connectivity index (χ0v) is 5.36. The van der Waals surface area contributed by atoms with Crippen molar-refractivity contribution in [1.82, 2.24) is 9.78 Å². The second-order valence-electron chi connectivity index (χ2n) is 2.01. The van der Waals surface area contributed by atoms with Crippen molar-refractivity contribution >= 4 is 12.0 Å². The van der Waals surface area contributed by atoms with E-state index in [2.05, 4.69) is 10.4 Å². The molecule has 1 aromatic heterocycles. The Labute approximate surface area is 58.7 Å². The van der Waals surface area contributed by atoms with Gasteiger partial charge in [0.25, 0.3) is 0 Å². The van der Waals surface area contributed by atoms with Crippen LogP contribution in [-0.4, -0.2) is 9.78 Å². The zero-order chi connectivity index (χ0) is 6.81. The number of allylic oxidation sites excluding steroid dienone is 2. The quantitative estimate of drug-likeness (QED) is 0.578. The van der Waals surface area contributed by atoms with Crippen molar-refractivity contribution in [3.05, 3.63) is 30.6 Å². The minimum absolute atomic E-state index is 0.991. The van der Waals surface area contributed by atoms with Gasteiger partial charge >= 0.3 is 0 Å². The Hall–Kier alpha value is -1.51. The first-order valence-corrected chi connectivity index (χ1v) is 3.10. The van der Waals surface area contributed by atoms with Gasteiger partial charge < -0.3 is 5.32 Å². The van der Waals surface area contributed by atoms with Crippen LogP contribution in [0.3, 0.4) is 0 Å². The Morgan fingerprint density at radius 2 is 2.40 bits per heavy atom. The normalized spacial score (nSPS) is 14.0. The standard InChI is InChI=1S/C7H7N3/c1-2-6-10-7(8-4-1)3-5-9-10/h1-6,8H. The molecule has 0 saturated carbocycles. The number of nitrogens with one attached hydrogen (secondary N) is 1. The summed E-state index contributed by atoms with van der Waals surface area (Å²) in [7, 11) is 0. The Morgan fingerprint density at radius 1 is 1.40 bits per heavy atom. The fourth-order valence-electron chi connectivity index (χ4n) is 0.868. The third-order valence-corrected chi connectivity index (χ3v) is 1.34. The molecule has 0 fully saturated rings. The molecule has 50 valence electrons. The summed E-state index contributed by atoms with van der Waals surface area (Å²) in [5.41, 5.74) is 0. The van der Waals surface area contributed by atoms with Crippen LogP contribution in [0.25, 0.3) is 6.20 Å². The highest BCUT2D eigenvalue weighted by molar-refractivity contribution is 5.48. The molecule has 0 radical (unpaired) electrons. The number of nitrogens with zero attached hydrogens (tertiary/aromatic N) is 2. The molecule has 0 bridgehead atoms. The second kappa shape index (κ2) is 2.02. The van der Waals surface area contributed by atoms with E-state index in [1.165, 1.54) is 0 Å². The number of anilines is 1. The summed E-state index contributed by atoms with van der Waals surface area (Å²) in [5, 5.41) is 7.11. The lowest BCUT2D eigenvalue weighted by atomic mass is 10.6. The van der Waals surface area contributed by atoms with Crippen molar-refractivity contribution in [2.45, 2.75) is 0 Å². The van der Waals surface area contributed by atoms with E-state index in [4.69, 9.17) is 0 Å². The van der Waals surface area contributed by atoms with E-state index in [0.29, 0.717) is 0 Å². The molecule has 0 spiro atoms. The fraction of sp³-hybridized carbons (Fsp3) is 0. The molecule has 10 heavy (non-hydrogen) atoms. The van der Waals surface area contributed by atoms with Crippen molar-refractivity contribution in [1.29, 1.82) is 0 Å². The van der Waals surface area contributed by atoms with Gasteiger partial charge in [0.05, 0.1) is 6.20 Å². The smallest absolute Gasteiger partial charge is 0.132 e. The molecular weight excluding hydrogens is 126 g/mol. The van der Waals surface area contributed by atoms with Crippen LogP contribution in [-0.2, 0) is 0 Å². The maximum absolute atomic E-state index is 4.04. The molecule has 0 atom stereocenters. The third-order valence-electron chi connectivity index (χ3n) is 1.34. The first kappa shape index (κ1) is 5.29. The lowest BCUT2D eigenvalue weighted by Crippen LogP contribution is -1.93. The maximum atomic E-state index is 4.04. The average Bonchev–Trinajstić information content (AvgIpc) is 2.28. The maximum Gasteiger partial charge on any atom is 0.132 e. The molecule has 0 aromatic carbocycles. The minimum atomic E-state index is 0.991. The van der Waals surface area contributed by atoms with Gasteiger partial charge in [0, 0.05) is 18.5 Å². The van der Waals surface area contributed by atoms with Crippen LogP contribution in [0.5, 0.6) is 0 Å². The summed E-state index contributed by atoms with van der Waals surface area (Å²) >= 11 is 0. The van der Waals surface area contributed by atoms with Gasteiger partial charge in [-0.1, -0.05) is 0 Å². The van der Waals surface area contributed by atoms with Gasteiger partial charge in [-0.25, -0.2) is 4.68 Å². The Kier molecular flexibility index (Phi) is 1.07. The number of hydrogen-bond acceptors (Lipinski definition) is 2. The molecule has 0 saturated heterocycles. The van der Waals surface area contributed by atoms with E-state index in [0.717, 1.165) is 5.82 Å². The number of hydrogen-bond donors (Lipinski definition) is 1. The van der Waals surface area contributed by atoms with E-state index >= 15 is 0 Å². The van der Waals surface area contributed by atoms with Gasteiger partial charge in [0.2, 0.25) is 0 Å². The SMILES string of the molecule is C1=CNc2ccnn2C=C1. The zero-order valence-electron chi connectivity index (χ0n) is 5.36. The highest BCUT2D eigenvalue weighted by Crippen LogP contribution is 2.08. The molecule has 1 aliphatic heterocycles. The van der Waals surface area contributed by atoms with Crippen LogP contribution < -0.4 is 5.32 Å². The molecule has 3 heteroatoms. The summed E-state index contributed by atoms with van der Waals surface area (Å²) in [6.45, 7) is 0. The number of rotatable bonds is 0. The molecule has 3 nitrogen and oxygen atoms in total. The molecule has 1 N–H and O–H groups in total. The van der Waals surface area contributed by atoms with Crippen LogP contribution in [0.15, 0.2) is 30.6 Å². The van der Waals surface area contributed by atoms with Gasteiger partial charge in [-0.3, -0.25) is 0 Å². The van der Waals surface area contributed by atoms with Crippen LogP contribution >= 0.6 is 0 Å². The summed E-state index contributed by atoms with van der Waals surface area (Å²) in [5.74, 6) is 0.991. The predicted octanol–water partition coefficient (Wildman–Crippen LogP) is 1.29. The van der Waals surface area contributed by atoms with Crippen LogP contribution in [0, 0.1) is 0 Å². The minimum Gasteiger partial charge on any atom is -0.347 e. The molecule has 1 aliphatic rings. The first-order valence-electron chi connectivity index (χ1n) is 3.10. The number of fused-ring (bicyclic) bond motifs is 1. The Morgan fingerprint density at radius 3 is 3.40 bits per heavy atom. The predicted molar refractivity (Wildman–Crippen MR) is 40.3 cm³/mol. The van der Waals surface area contributed by atoms with E-state index in [-0.39, 0.29) is 0 Å². The molecule has 0 unspecified atom stereocenters. The van der Waals surface area contributed by atoms with Crippen LogP contribution in [0.4, 0.5) is 5.82 Å². The number of aromatic nitrogens is 2. The van der Waals surface area contributed by atoms with Crippen molar-refractivity contribution in [3.8, 4) is 0 Å². The molecule has 2 rings (SSSR count). The van der Waals surface area contributed by atoms with Gasteiger partial charge in [0.1, 0.15) is 5.82 Å². The van der Waals surface area contributed by atoms with Gasteiger partial charge in [0.15, 0.2) is 0 Å². The van der Waals surface area contributed by atoms with Crippen molar-refractivity contribution in [2.24, 2.45) is 0 Å². The second-order valence-corrected chi connectivity index (χ2v) is 2.01. The van der Waals surface area contributed by atoms with Crippen molar-refractivity contribution < 1.29 is 0 Å². The van der Waals surface area contributed by atoms with Crippen molar-refractivity contribution in [3.63, 3.8) is 0 Å². The monoisotopic (exact) mass is 133 g/mol. The summed E-state index contributed by atoms with van der Waals surface area (Å²) in [6.07, 6.45) is 9.37. The Balaban J connectivity index is 2.50. The van der Waals surface area contributed by atoms with Gasteiger partial charge in [-0.15, -0.1) is 0 Å². The molecule has 2 heterocycles. The highest BCUT2D eigenvalue weighted by Gasteiger charge is 1.95. The first-order chi connectivity index (χ1) is 4.97. The highest BCUT2D eigenvalue weighted by atomic mass is 15.3. The average molecular weight is 133 g/mol. The molecule has 0 aliphatic carbocycles. The van der Waals surface area contributed by atoms with E-state index in [1.54, 1.807) is 10.9 Å². The van der Waals surface area contributed by atoms with Crippen LogP contribution in [0.1, 0.15) is 0 Å². The molecule has 1 aromatic rings. The van der Waals surface area contributed by atoms with E-state index < -0.39 is 0 Å². The Bertz CT molecular complexity index is 283. The lowest BCUT2D eigenvalue weighted by Gasteiger charge is -1.96. The largest absolute Gasteiger partial charge is 0.347 e. The van der Waals surface area contributed by atoms with Gasteiger partial charge in [-0.2, -0.15) is 5.10 Å². The molecular formula is C7H7N3. The fourth-order valence-corrected chi connectivity index (χ4v) is 0.868. The summed E-state index contributed by atoms with van der Waals surface area (Å²) in [6, 6.07) is 1.92. The lowest BCUT2D eigenvalue weighted by molar-refractivity contribution is 0.943. The summed E-state index contributed by atoms with van der Waals surface area (Å²) < 4.78 is 1.78. The van der Waals surface area contributed by atoms with Gasteiger partial charge in [-0.05, 0) is 12.2 Å².